The lowest BCUT2D eigenvalue weighted by atomic mass is 9.96. The molecule has 2 aromatic carbocycles. The predicted molar refractivity (Wildman–Crippen MR) is 157 cm³/mol. The molecule has 5 rings (SSSR count). The summed E-state index contributed by atoms with van der Waals surface area (Å²) in [6, 6.07) is 12.5. The number of hydrogen-bond acceptors (Lipinski definition) is 5. The maximum atomic E-state index is 12.8. The minimum Gasteiger partial charge on any atom is -0.390 e. The molecule has 38 heavy (non-hydrogen) atoms. The van der Waals surface area contributed by atoms with E-state index in [4.69, 9.17) is 5.73 Å². The number of halogens is 2. The molecule has 2 saturated heterocycles. The van der Waals surface area contributed by atoms with Crippen molar-refractivity contribution in [3.8, 4) is 0 Å². The van der Waals surface area contributed by atoms with Crippen molar-refractivity contribution in [1.82, 2.24) is 19.3 Å². The van der Waals surface area contributed by atoms with Crippen molar-refractivity contribution < 1.29 is 14.7 Å². The van der Waals surface area contributed by atoms with Gasteiger partial charge in [-0.05, 0) is 62.3 Å². The molecule has 2 amide bonds. The van der Waals surface area contributed by atoms with E-state index in [-0.39, 0.29) is 17.7 Å². The number of carbonyl (C=O) groups excluding carboxylic acids is 2. The van der Waals surface area contributed by atoms with Crippen molar-refractivity contribution in [1.29, 1.82) is 0 Å². The molecule has 0 aliphatic carbocycles. The Morgan fingerprint density at radius 2 is 1.45 bits per heavy atom. The van der Waals surface area contributed by atoms with Crippen LogP contribution in [0.4, 0.5) is 0 Å². The van der Waals surface area contributed by atoms with Crippen LogP contribution in [0.15, 0.2) is 45.3 Å². The summed E-state index contributed by atoms with van der Waals surface area (Å²) in [4.78, 5) is 30.6. The number of carbonyl (C=O) groups is 2. The highest BCUT2D eigenvalue weighted by Crippen LogP contribution is 2.33. The second-order valence-corrected chi connectivity index (χ2v) is 12.4. The molecule has 0 spiro atoms. The van der Waals surface area contributed by atoms with Gasteiger partial charge in [0.05, 0.1) is 12.6 Å². The summed E-state index contributed by atoms with van der Waals surface area (Å²) < 4.78 is 4.27. The van der Waals surface area contributed by atoms with Gasteiger partial charge in [-0.25, -0.2) is 0 Å². The van der Waals surface area contributed by atoms with Crippen LogP contribution in [-0.4, -0.2) is 94.6 Å². The van der Waals surface area contributed by atoms with Crippen LogP contribution in [0.1, 0.15) is 19.3 Å². The van der Waals surface area contributed by atoms with Gasteiger partial charge in [0.15, 0.2) is 0 Å². The molecular weight excluding hydrogens is 614 g/mol. The van der Waals surface area contributed by atoms with Crippen LogP contribution in [0, 0.1) is 5.92 Å². The first-order valence-corrected chi connectivity index (χ1v) is 14.9. The zero-order valence-corrected chi connectivity index (χ0v) is 24.7. The summed E-state index contributed by atoms with van der Waals surface area (Å²) in [5, 5.41) is 13.4. The number of rotatable bonds is 8. The topological polar surface area (TPSA) is 95.0 Å². The van der Waals surface area contributed by atoms with Gasteiger partial charge < -0.3 is 25.2 Å². The van der Waals surface area contributed by atoms with Gasteiger partial charge >= 0.3 is 0 Å². The van der Waals surface area contributed by atoms with Gasteiger partial charge in [-0.3, -0.25) is 14.5 Å². The summed E-state index contributed by atoms with van der Waals surface area (Å²) in [6.45, 7) is 6.37. The normalized spacial score (nSPS) is 18.9. The maximum absolute atomic E-state index is 12.8. The molecule has 1 aromatic heterocycles. The Morgan fingerprint density at radius 1 is 0.868 bits per heavy atom. The molecule has 0 saturated carbocycles. The predicted octanol–water partition coefficient (Wildman–Crippen LogP) is 3.41. The van der Waals surface area contributed by atoms with E-state index in [1.807, 2.05) is 17.0 Å². The Balaban J connectivity index is 1.12. The fraction of sp³-hybridized carbons (Fsp3) is 0.500. The van der Waals surface area contributed by atoms with Crippen LogP contribution in [0.3, 0.4) is 0 Å². The van der Waals surface area contributed by atoms with E-state index >= 15 is 0 Å². The molecule has 3 heterocycles. The second-order valence-electron chi connectivity index (χ2n) is 10.5. The van der Waals surface area contributed by atoms with Gasteiger partial charge in [0, 0.05) is 82.4 Å². The number of hydrogen-bond donors (Lipinski definition) is 2. The van der Waals surface area contributed by atoms with Crippen LogP contribution in [0.2, 0.25) is 0 Å². The smallest absolute Gasteiger partial charge is 0.223 e. The van der Waals surface area contributed by atoms with E-state index in [0.29, 0.717) is 32.6 Å². The van der Waals surface area contributed by atoms with Gasteiger partial charge in [0.1, 0.15) is 0 Å². The summed E-state index contributed by atoms with van der Waals surface area (Å²) in [5.74, 6) is -0.0465. The molecule has 1 unspecified atom stereocenters. The first-order chi connectivity index (χ1) is 18.3. The lowest BCUT2D eigenvalue weighted by Gasteiger charge is -2.36. The second kappa shape index (κ2) is 12.0. The lowest BCUT2D eigenvalue weighted by Crippen LogP contribution is -2.51. The minimum absolute atomic E-state index is 0.0234. The molecule has 2 aliphatic heterocycles. The number of benzene rings is 2. The van der Waals surface area contributed by atoms with E-state index in [2.05, 4.69) is 70.5 Å². The number of nitrogens with two attached hydrogens (primary N) is 1. The third-order valence-electron chi connectivity index (χ3n) is 8.01. The number of piperazine rings is 1. The average molecular weight is 649 g/mol. The highest BCUT2D eigenvalue weighted by Gasteiger charge is 2.26. The van der Waals surface area contributed by atoms with Gasteiger partial charge in [0.25, 0.3) is 0 Å². The molecule has 2 aliphatic rings. The number of likely N-dealkylation sites (tertiary alicyclic amines) is 1. The van der Waals surface area contributed by atoms with Crippen LogP contribution in [0.25, 0.3) is 21.8 Å². The molecule has 3 aromatic rings. The van der Waals surface area contributed by atoms with Gasteiger partial charge in [-0.2, -0.15) is 0 Å². The molecule has 204 valence electrons. The average Bonchev–Trinajstić information content (AvgIpc) is 3.19. The molecular formula is C28H35Br2N5O3. The number of aliphatic hydroxyl groups is 1. The van der Waals surface area contributed by atoms with Crippen molar-refractivity contribution >= 4 is 65.5 Å². The Kier molecular flexibility index (Phi) is 8.74. The van der Waals surface area contributed by atoms with Crippen LogP contribution >= 0.6 is 31.9 Å². The third-order valence-corrected chi connectivity index (χ3v) is 8.99. The lowest BCUT2D eigenvalue weighted by molar-refractivity contribution is -0.133. The molecule has 10 heteroatoms. The zero-order chi connectivity index (χ0) is 26.8. The summed E-state index contributed by atoms with van der Waals surface area (Å²) in [5.41, 5.74) is 7.63. The number of nitrogens with zero attached hydrogens (tertiary/aromatic N) is 4. The van der Waals surface area contributed by atoms with E-state index in [9.17, 15) is 14.7 Å². The van der Waals surface area contributed by atoms with E-state index in [1.54, 1.807) is 0 Å². The largest absolute Gasteiger partial charge is 0.390 e. The molecule has 3 N–H and O–H groups in total. The van der Waals surface area contributed by atoms with Crippen molar-refractivity contribution in [2.24, 2.45) is 11.7 Å². The quantitative estimate of drug-likeness (QED) is 0.391. The SMILES string of the molecule is NC(=O)C1CCN(CCC(=O)N2CCN(CC(O)Cn3c4ccc(Br)cc4c4cc(Br)ccc43)CC2)CC1. The first-order valence-electron chi connectivity index (χ1n) is 13.4. The van der Waals surface area contributed by atoms with Crippen molar-refractivity contribution in [3.63, 3.8) is 0 Å². The van der Waals surface area contributed by atoms with Crippen LogP contribution in [0.5, 0.6) is 0 Å². The summed E-state index contributed by atoms with van der Waals surface area (Å²) in [6.07, 6.45) is 1.55. The Bertz CT molecular complexity index is 1250. The first kappa shape index (κ1) is 27.6. The van der Waals surface area contributed by atoms with E-state index < -0.39 is 6.10 Å². The van der Waals surface area contributed by atoms with Crippen molar-refractivity contribution in [2.45, 2.75) is 31.9 Å². The third kappa shape index (κ3) is 6.25. The Morgan fingerprint density at radius 3 is 2.00 bits per heavy atom. The number of amides is 2. The number of aromatic nitrogens is 1. The fourth-order valence-electron chi connectivity index (χ4n) is 5.84. The number of fused-ring (bicyclic) bond motifs is 3. The fourth-order valence-corrected chi connectivity index (χ4v) is 6.57. The minimum atomic E-state index is -0.522. The van der Waals surface area contributed by atoms with Gasteiger partial charge in [-0.15, -0.1) is 0 Å². The van der Waals surface area contributed by atoms with E-state index in [1.165, 1.54) is 0 Å². The van der Waals surface area contributed by atoms with E-state index in [0.717, 1.165) is 76.3 Å². The number of piperidine rings is 1. The molecule has 0 bridgehead atoms. The monoisotopic (exact) mass is 647 g/mol. The number of primary amides is 1. The number of aliphatic hydroxyl groups excluding tert-OH is 1. The molecule has 0 radical (unpaired) electrons. The molecule has 1 atom stereocenters. The highest BCUT2D eigenvalue weighted by molar-refractivity contribution is 9.10. The van der Waals surface area contributed by atoms with Crippen LogP contribution < -0.4 is 5.73 Å². The van der Waals surface area contributed by atoms with Gasteiger partial charge in [0.2, 0.25) is 11.8 Å². The maximum Gasteiger partial charge on any atom is 0.223 e. The standard InChI is InChI=1S/C28H35Br2N5O3/c29-20-1-3-25-23(15-20)24-16-21(30)2-4-26(24)35(25)18-22(36)17-33-11-13-34(14-12-33)27(37)7-10-32-8-5-19(6-9-32)28(31)38/h1-4,15-16,19,22,36H,5-14,17-18H2,(H2,31,38). The van der Waals surface area contributed by atoms with Crippen LogP contribution in [-0.2, 0) is 16.1 Å². The number of β-amino-alcohol motifs (C(OH)–C–C–N with tert-alkyl or cyclic N) is 1. The Hall–Kier alpha value is -1.98. The van der Waals surface area contributed by atoms with Gasteiger partial charge in [-0.1, -0.05) is 31.9 Å². The summed E-state index contributed by atoms with van der Waals surface area (Å²) >= 11 is 7.18. The van der Waals surface area contributed by atoms with Crippen molar-refractivity contribution in [3.05, 3.63) is 45.3 Å². The van der Waals surface area contributed by atoms with Crippen molar-refractivity contribution in [2.75, 3.05) is 52.4 Å². The summed E-state index contributed by atoms with van der Waals surface area (Å²) in [7, 11) is 0. The molecule has 2 fully saturated rings. The zero-order valence-electron chi connectivity index (χ0n) is 21.5. The Labute approximate surface area is 240 Å². The highest BCUT2D eigenvalue weighted by atomic mass is 79.9. The molecule has 8 nitrogen and oxygen atoms in total.